The Morgan fingerprint density at radius 2 is 2.07 bits per heavy atom. The van der Waals surface area contributed by atoms with Crippen LogP contribution in [0.15, 0.2) is 29.2 Å². The van der Waals surface area contributed by atoms with Crippen LogP contribution >= 0.6 is 0 Å². The first-order valence-corrected chi connectivity index (χ1v) is 6.37. The van der Waals surface area contributed by atoms with Crippen LogP contribution < -0.4 is 0 Å². The Morgan fingerprint density at radius 1 is 1.40 bits per heavy atom. The SMILES string of the molecule is CC(=O)CC1Cc2ccccc2S1(=O)=O. The average molecular weight is 224 g/mol. The molecule has 1 unspecified atom stereocenters. The highest BCUT2D eigenvalue weighted by molar-refractivity contribution is 7.92. The number of rotatable bonds is 2. The molecule has 0 saturated heterocycles. The van der Waals surface area contributed by atoms with Gasteiger partial charge in [0.05, 0.1) is 10.1 Å². The number of hydrogen-bond acceptors (Lipinski definition) is 3. The third-order valence-electron chi connectivity index (χ3n) is 2.68. The van der Waals surface area contributed by atoms with Gasteiger partial charge >= 0.3 is 0 Å². The van der Waals surface area contributed by atoms with E-state index in [1.807, 2.05) is 12.1 Å². The Morgan fingerprint density at radius 3 is 2.67 bits per heavy atom. The molecule has 0 bridgehead atoms. The molecule has 2 rings (SSSR count). The minimum Gasteiger partial charge on any atom is -0.300 e. The average Bonchev–Trinajstić information content (AvgIpc) is 2.39. The molecule has 0 amide bonds. The highest BCUT2D eigenvalue weighted by Crippen LogP contribution is 2.32. The Kier molecular flexibility index (Phi) is 2.38. The van der Waals surface area contributed by atoms with Gasteiger partial charge in [-0.3, -0.25) is 4.79 Å². The van der Waals surface area contributed by atoms with Gasteiger partial charge in [-0.1, -0.05) is 18.2 Å². The molecule has 80 valence electrons. The number of sulfone groups is 1. The Hall–Kier alpha value is -1.16. The lowest BCUT2D eigenvalue weighted by Gasteiger charge is -2.05. The van der Waals surface area contributed by atoms with Crippen LogP contribution in [0.25, 0.3) is 0 Å². The molecule has 0 spiro atoms. The highest BCUT2D eigenvalue weighted by atomic mass is 32.2. The van der Waals surface area contributed by atoms with E-state index in [9.17, 15) is 13.2 Å². The van der Waals surface area contributed by atoms with E-state index >= 15 is 0 Å². The number of hydrogen-bond donors (Lipinski definition) is 0. The van der Waals surface area contributed by atoms with E-state index in [0.29, 0.717) is 11.3 Å². The maximum atomic E-state index is 12.0. The van der Waals surface area contributed by atoms with Crippen molar-refractivity contribution < 1.29 is 13.2 Å². The van der Waals surface area contributed by atoms with E-state index in [1.165, 1.54) is 6.92 Å². The quantitative estimate of drug-likeness (QED) is 0.762. The molecule has 15 heavy (non-hydrogen) atoms. The fraction of sp³-hybridized carbons (Fsp3) is 0.364. The molecule has 1 aliphatic heterocycles. The summed E-state index contributed by atoms with van der Waals surface area (Å²) >= 11 is 0. The van der Waals surface area contributed by atoms with Crippen molar-refractivity contribution in [1.29, 1.82) is 0 Å². The first-order valence-electron chi connectivity index (χ1n) is 4.83. The number of carbonyl (C=O) groups is 1. The van der Waals surface area contributed by atoms with E-state index < -0.39 is 15.1 Å². The summed E-state index contributed by atoms with van der Waals surface area (Å²) in [6, 6.07) is 6.97. The van der Waals surface area contributed by atoms with Crippen molar-refractivity contribution in [3.8, 4) is 0 Å². The van der Waals surface area contributed by atoms with E-state index in [0.717, 1.165) is 5.56 Å². The second-order valence-electron chi connectivity index (χ2n) is 3.89. The van der Waals surface area contributed by atoms with Crippen LogP contribution in [-0.4, -0.2) is 19.5 Å². The molecule has 1 aromatic rings. The van der Waals surface area contributed by atoms with Gasteiger partial charge in [0.2, 0.25) is 0 Å². The maximum absolute atomic E-state index is 12.0. The summed E-state index contributed by atoms with van der Waals surface area (Å²) < 4.78 is 23.9. The summed E-state index contributed by atoms with van der Waals surface area (Å²) in [5.74, 6) is -0.0728. The van der Waals surface area contributed by atoms with E-state index in [4.69, 9.17) is 0 Å². The fourth-order valence-electron chi connectivity index (χ4n) is 1.99. The molecule has 0 radical (unpaired) electrons. The van der Waals surface area contributed by atoms with Gasteiger partial charge in [-0.2, -0.15) is 0 Å². The van der Waals surface area contributed by atoms with Crippen LogP contribution in [0, 0.1) is 0 Å². The second-order valence-corrected chi connectivity index (χ2v) is 6.08. The molecule has 3 nitrogen and oxygen atoms in total. The third-order valence-corrected chi connectivity index (χ3v) is 4.90. The molecular weight excluding hydrogens is 212 g/mol. The lowest BCUT2D eigenvalue weighted by Crippen LogP contribution is -2.19. The minimum absolute atomic E-state index is 0.0728. The molecule has 1 aromatic carbocycles. The van der Waals surface area contributed by atoms with Crippen molar-refractivity contribution in [2.75, 3.05) is 0 Å². The third kappa shape index (κ3) is 1.69. The molecule has 1 aliphatic rings. The summed E-state index contributed by atoms with van der Waals surface area (Å²) in [6.07, 6.45) is 0.592. The van der Waals surface area contributed by atoms with Gasteiger partial charge in [-0.15, -0.1) is 0 Å². The summed E-state index contributed by atoms with van der Waals surface area (Å²) in [4.78, 5) is 11.4. The Labute approximate surface area is 89.0 Å². The van der Waals surface area contributed by atoms with Gasteiger partial charge in [-0.25, -0.2) is 8.42 Å². The summed E-state index contributed by atoms with van der Waals surface area (Å²) in [5.41, 5.74) is 0.837. The van der Waals surface area contributed by atoms with Crippen LogP contribution in [0.4, 0.5) is 0 Å². The van der Waals surface area contributed by atoms with E-state index in [-0.39, 0.29) is 12.2 Å². The van der Waals surface area contributed by atoms with Gasteiger partial charge in [0.25, 0.3) is 0 Å². The molecular formula is C11H12O3S. The maximum Gasteiger partial charge on any atom is 0.182 e. The topological polar surface area (TPSA) is 51.2 Å². The predicted molar refractivity (Wildman–Crippen MR) is 56.4 cm³/mol. The molecule has 4 heteroatoms. The first-order chi connectivity index (χ1) is 7.01. The largest absolute Gasteiger partial charge is 0.300 e. The Bertz CT molecular complexity index is 502. The zero-order valence-electron chi connectivity index (χ0n) is 8.43. The van der Waals surface area contributed by atoms with Gasteiger partial charge in [-0.05, 0) is 25.0 Å². The lowest BCUT2D eigenvalue weighted by atomic mass is 10.1. The van der Waals surface area contributed by atoms with Crippen molar-refractivity contribution in [1.82, 2.24) is 0 Å². The van der Waals surface area contributed by atoms with Crippen molar-refractivity contribution in [2.45, 2.75) is 29.9 Å². The zero-order chi connectivity index (χ0) is 11.1. The molecule has 0 aromatic heterocycles. The van der Waals surface area contributed by atoms with Crippen LogP contribution in [-0.2, 0) is 21.1 Å². The monoisotopic (exact) mass is 224 g/mol. The highest BCUT2D eigenvalue weighted by Gasteiger charge is 2.36. The number of carbonyl (C=O) groups excluding carboxylic acids is 1. The van der Waals surface area contributed by atoms with E-state index in [1.54, 1.807) is 12.1 Å². The first kappa shape index (κ1) is 10.4. The molecule has 0 saturated carbocycles. The van der Waals surface area contributed by atoms with Gasteiger partial charge in [0.15, 0.2) is 9.84 Å². The number of Topliss-reactive ketones (excluding diaryl/α,β-unsaturated/α-hetero) is 1. The van der Waals surface area contributed by atoms with Crippen LogP contribution in [0.1, 0.15) is 18.9 Å². The van der Waals surface area contributed by atoms with E-state index in [2.05, 4.69) is 0 Å². The molecule has 1 heterocycles. The van der Waals surface area contributed by atoms with Crippen LogP contribution in [0.3, 0.4) is 0 Å². The number of benzene rings is 1. The second kappa shape index (κ2) is 3.45. The minimum atomic E-state index is -3.26. The van der Waals surface area contributed by atoms with Gasteiger partial charge in [0.1, 0.15) is 5.78 Å². The van der Waals surface area contributed by atoms with Crippen LogP contribution in [0.2, 0.25) is 0 Å². The molecule has 1 atom stereocenters. The molecule has 0 fully saturated rings. The standard InChI is InChI=1S/C11H12O3S/c1-8(12)6-10-7-9-4-2-3-5-11(9)15(10,13)14/h2-5,10H,6-7H2,1H3. The number of ketones is 1. The van der Waals surface area contributed by atoms with Crippen molar-refractivity contribution in [3.05, 3.63) is 29.8 Å². The summed E-state index contributed by atoms with van der Waals surface area (Å²) in [5, 5.41) is -0.549. The van der Waals surface area contributed by atoms with Crippen molar-refractivity contribution in [3.63, 3.8) is 0 Å². The fourth-order valence-corrected chi connectivity index (χ4v) is 3.98. The van der Waals surface area contributed by atoms with Gasteiger partial charge in [0, 0.05) is 6.42 Å². The normalized spacial score (nSPS) is 22.3. The zero-order valence-corrected chi connectivity index (χ0v) is 9.25. The number of fused-ring (bicyclic) bond motifs is 1. The smallest absolute Gasteiger partial charge is 0.182 e. The Balaban J connectivity index is 2.43. The lowest BCUT2D eigenvalue weighted by molar-refractivity contribution is -0.117. The summed E-state index contributed by atoms with van der Waals surface area (Å²) in [6.45, 7) is 1.43. The summed E-state index contributed by atoms with van der Waals surface area (Å²) in [7, 11) is -3.26. The van der Waals surface area contributed by atoms with Crippen molar-refractivity contribution in [2.24, 2.45) is 0 Å². The predicted octanol–water partition coefficient (Wildman–Crippen LogP) is 1.36. The van der Waals surface area contributed by atoms with Gasteiger partial charge < -0.3 is 0 Å². The molecule has 0 N–H and O–H groups in total. The molecule has 0 aliphatic carbocycles. The van der Waals surface area contributed by atoms with Crippen molar-refractivity contribution >= 4 is 15.6 Å². The van der Waals surface area contributed by atoms with Crippen LogP contribution in [0.5, 0.6) is 0 Å².